The summed E-state index contributed by atoms with van der Waals surface area (Å²) in [7, 11) is -4.09. The highest BCUT2D eigenvalue weighted by Crippen LogP contribution is 2.50. The van der Waals surface area contributed by atoms with Gasteiger partial charge in [-0.25, -0.2) is 18.1 Å². The summed E-state index contributed by atoms with van der Waals surface area (Å²) in [4.78, 5) is 25.5. The first kappa shape index (κ1) is 28.6. The van der Waals surface area contributed by atoms with Gasteiger partial charge in [0.1, 0.15) is 6.61 Å². The fourth-order valence-electron chi connectivity index (χ4n) is 6.66. The van der Waals surface area contributed by atoms with Crippen LogP contribution in [0.2, 0.25) is 0 Å². The molecule has 2 unspecified atom stereocenters. The number of benzene rings is 2. The van der Waals surface area contributed by atoms with Crippen LogP contribution in [0.25, 0.3) is 11.3 Å². The van der Waals surface area contributed by atoms with E-state index in [0.717, 1.165) is 36.0 Å². The number of carbonyl (C=O) groups is 1. The Morgan fingerprint density at radius 3 is 2.33 bits per heavy atom. The van der Waals surface area contributed by atoms with Crippen LogP contribution in [0.15, 0.2) is 53.4 Å². The standard InChI is InChI=1S/C33H40N4O4S/c1-20-8-6-9-21(2)30(20)27-17-29-35-32(34-27)36-42(39,40)25-11-7-10-23(16-25)31(38)37(24(19-41-29)18-33(3,4)5)28-15-14-26(28)22-12-13-22/h6-11,16-17,22,24,26,28H,12-15,18-19H2,1-5H3,(H,34,35,36)/t24-,26?,28?/m1/s1. The first-order chi connectivity index (χ1) is 19.9. The fraction of sp³-hybridized carbons (Fsp3) is 0.485. The molecule has 0 saturated heterocycles. The number of aryl methyl sites for hydroxylation is 2. The van der Waals surface area contributed by atoms with E-state index in [1.54, 1.807) is 18.2 Å². The molecule has 2 aliphatic carbocycles. The molecule has 6 rings (SSSR count). The number of amides is 1. The van der Waals surface area contributed by atoms with Crippen LogP contribution in [0.5, 0.6) is 5.88 Å². The van der Waals surface area contributed by atoms with E-state index < -0.39 is 10.0 Å². The van der Waals surface area contributed by atoms with Gasteiger partial charge in [-0.1, -0.05) is 45.0 Å². The maximum Gasteiger partial charge on any atom is 0.264 e. The largest absolute Gasteiger partial charge is 0.475 e. The van der Waals surface area contributed by atoms with Gasteiger partial charge < -0.3 is 9.64 Å². The van der Waals surface area contributed by atoms with Gasteiger partial charge >= 0.3 is 0 Å². The van der Waals surface area contributed by atoms with Crippen LogP contribution in [-0.2, 0) is 10.0 Å². The molecule has 2 aromatic carbocycles. The summed E-state index contributed by atoms with van der Waals surface area (Å²) >= 11 is 0. The summed E-state index contributed by atoms with van der Waals surface area (Å²) in [6.45, 7) is 10.8. The monoisotopic (exact) mass is 588 g/mol. The molecule has 3 aliphatic rings. The molecule has 4 bridgehead atoms. The first-order valence-corrected chi connectivity index (χ1v) is 16.4. The van der Waals surface area contributed by atoms with Crippen molar-refractivity contribution < 1.29 is 17.9 Å². The summed E-state index contributed by atoms with van der Waals surface area (Å²) < 4.78 is 36.1. The molecule has 2 saturated carbocycles. The van der Waals surface area contributed by atoms with E-state index >= 15 is 0 Å². The zero-order valence-corrected chi connectivity index (χ0v) is 25.9. The summed E-state index contributed by atoms with van der Waals surface area (Å²) in [6, 6.07) is 14.0. The van der Waals surface area contributed by atoms with Crippen molar-refractivity contribution in [2.75, 3.05) is 11.3 Å². The average Bonchev–Trinajstić information content (AvgIpc) is 3.72. The van der Waals surface area contributed by atoms with Gasteiger partial charge in [0.05, 0.1) is 16.6 Å². The molecule has 3 atom stereocenters. The molecular weight excluding hydrogens is 548 g/mol. The number of carbonyl (C=O) groups excluding carboxylic acids is 1. The molecule has 0 radical (unpaired) electrons. The van der Waals surface area contributed by atoms with Gasteiger partial charge in [-0.2, -0.15) is 4.98 Å². The van der Waals surface area contributed by atoms with Gasteiger partial charge in [-0.05, 0) is 92.5 Å². The SMILES string of the molecule is Cc1cccc(C)c1-c1cc2nc(n1)NS(=O)(=O)c1cccc(c1)C(=O)N(C1CCC1C1CC1)[C@H](CC(C)(C)C)CO2. The van der Waals surface area contributed by atoms with Gasteiger partial charge in [-0.15, -0.1) is 0 Å². The fourth-order valence-corrected chi connectivity index (χ4v) is 7.65. The van der Waals surface area contributed by atoms with Crippen LogP contribution in [0.3, 0.4) is 0 Å². The molecule has 3 aromatic rings. The predicted octanol–water partition coefficient (Wildman–Crippen LogP) is 6.39. The minimum Gasteiger partial charge on any atom is -0.475 e. The Bertz CT molecular complexity index is 1610. The van der Waals surface area contributed by atoms with Crippen molar-refractivity contribution in [3.05, 3.63) is 65.2 Å². The number of ether oxygens (including phenoxy) is 1. The maximum absolute atomic E-state index is 14.4. The quantitative estimate of drug-likeness (QED) is 0.379. The van der Waals surface area contributed by atoms with Crippen molar-refractivity contribution in [2.24, 2.45) is 17.3 Å². The molecule has 0 spiro atoms. The molecule has 42 heavy (non-hydrogen) atoms. The molecule has 9 heteroatoms. The molecule has 1 N–H and O–H groups in total. The number of nitrogens with zero attached hydrogens (tertiary/aromatic N) is 3. The van der Waals surface area contributed by atoms with Crippen LogP contribution in [-0.4, -0.2) is 47.9 Å². The van der Waals surface area contributed by atoms with Crippen molar-refractivity contribution in [1.29, 1.82) is 0 Å². The Labute approximate surface area is 249 Å². The van der Waals surface area contributed by atoms with Crippen LogP contribution in [0, 0.1) is 31.1 Å². The van der Waals surface area contributed by atoms with Crippen molar-refractivity contribution in [1.82, 2.24) is 14.9 Å². The highest BCUT2D eigenvalue weighted by atomic mass is 32.2. The molecule has 2 fully saturated rings. The van der Waals surface area contributed by atoms with Crippen molar-refractivity contribution in [2.45, 2.75) is 83.7 Å². The average molecular weight is 589 g/mol. The minimum atomic E-state index is -4.09. The Hall–Kier alpha value is -3.46. The molecule has 8 nitrogen and oxygen atoms in total. The second-order valence-electron chi connectivity index (χ2n) is 13.4. The Morgan fingerprint density at radius 2 is 1.69 bits per heavy atom. The third kappa shape index (κ3) is 5.76. The molecule has 1 aliphatic heterocycles. The second kappa shape index (κ2) is 10.7. The molecule has 222 valence electrons. The van der Waals surface area contributed by atoms with Gasteiger partial charge in [0.15, 0.2) is 0 Å². The van der Waals surface area contributed by atoms with Crippen molar-refractivity contribution in [3.8, 4) is 17.1 Å². The van der Waals surface area contributed by atoms with E-state index in [4.69, 9.17) is 4.74 Å². The highest BCUT2D eigenvalue weighted by Gasteiger charge is 2.48. The first-order valence-electron chi connectivity index (χ1n) is 14.9. The van der Waals surface area contributed by atoms with E-state index in [9.17, 15) is 13.2 Å². The summed E-state index contributed by atoms with van der Waals surface area (Å²) in [5.74, 6) is 1.19. The van der Waals surface area contributed by atoms with E-state index in [0.29, 0.717) is 23.1 Å². The summed E-state index contributed by atoms with van der Waals surface area (Å²) in [6.07, 6.45) is 5.22. The van der Waals surface area contributed by atoms with Crippen molar-refractivity contribution in [3.63, 3.8) is 0 Å². The van der Waals surface area contributed by atoms with Crippen LogP contribution >= 0.6 is 0 Å². The number of nitrogens with one attached hydrogen (secondary N) is 1. The van der Waals surface area contributed by atoms with E-state index in [1.165, 1.54) is 25.0 Å². The molecule has 1 aromatic heterocycles. The molecule has 2 heterocycles. The Morgan fingerprint density at radius 1 is 0.976 bits per heavy atom. The Kier molecular flexibility index (Phi) is 7.28. The zero-order chi connectivity index (χ0) is 29.8. The zero-order valence-electron chi connectivity index (χ0n) is 25.1. The Balaban J connectivity index is 1.50. The van der Waals surface area contributed by atoms with E-state index in [-0.39, 0.29) is 46.7 Å². The second-order valence-corrected chi connectivity index (χ2v) is 15.1. The number of anilines is 1. The highest BCUT2D eigenvalue weighted by molar-refractivity contribution is 7.92. The van der Waals surface area contributed by atoms with Crippen LogP contribution in [0.1, 0.15) is 74.4 Å². The van der Waals surface area contributed by atoms with Crippen LogP contribution in [0.4, 0.5) is 5.95 Å². The van der Waals surface area contributed by atoms with Gasteiger partial charge in [0.25, 0.3) is 15.9 Å². The number of rotatable bonds is 4. The molecule has 1 amide bonds. The van der Waals surface area contributed by atoms with Crippen molar-refractivity contribution >= 4 is 21.9 Å². The lowest BCUT2D eigenvalue weighted by Crippen LogP contribution is -2.57. The summed E-state index contributed by atoms with van der Waals surface area (Å²) in [5, 5.41) is 0. The topological polar surface area (TPSA) is 101 Å². The lowest BCUT2D eigenvalue weighted by molar-refractivity contribution is -0.00319. The van der Waals surface area contributed by atoms with Gasteiger partial charge in [0, 0.05) is 23.2 Å². The minimum absolute atomic E-state index is 0.00388. The normalized spacial score (nSPS) is 23.9. The lowest BCUT2D eigenvalue weighted by Gasteiger charge is -2.49. The maximum atomic E-state index is 14.4. The third-order valence-corrected chi connectivity index (χ3v) is 10.2. The van der Waals surface area contributed by atoms with E-state index in [1.807, 2.05) is 36.9 Å². The number of hydrogen-bond donors (Lipinski definition) is 1. The molecular formula is C33H40N4O4S. The van der Waals surface area contributed by atoms with Gasteiger partial charge in [0.2, 0.25) is 11.8 Å². The number of hydrogen-bond acceptors (Lipinski definition) is 6. The van der Waals surface area contributed by atoms with E-state index in [2.05, 4.69) is 35.5 Å². The number of sulfonamides is 1. The van der Waals surface area contributed by atoms with Gasteiger partial charge in [-0.3, -0.25) is 4.79 Å². The lowest BCUT2D eigenvalue weighted by atomic mass is 9.73. The summed E-state index contributed by atoms with van der Waals surface area (Å²) in [5.41, 5.74) is 3.79. The smallest absolute Gasteiger partial charge is 0.264 e. The third-order valence-electron chi connectivity index (χ3n) is 8.83. The van der Waals surface area contributed by atoms with Crippen LogP contribution < -0.4 is 9.46 Å². The predicted molar refractivity (Wildman–Crippen MR) is 163 cm³/mol. The number of aromatic nitrogens is 2. The number of fused-ring (bicyclic) bond motifs is 4.